The fraction of sp³-hybridized carbons (Fsp3) is 0.600. The highest BCUT2D eigenvalue weighted by molar-refractivity contribution is 14.1. The molecule has 4 nitrogen and oxygen atoms in total. The SMILES string of the molecule is CN(CCNc1ncc(I)cn1)C1CC1. The molecule has 1 aromatic heterocycles. The molecule has 1 aliphatic carbocycles. The first-order chi connectivity index (χ1) is 7.25. The molecule has 0 unspecified atom stereocenters. The fourth-order valence-electron chi connectivity index (χ4n) is 1.45. The minimum atomic E-state index is 0.722. The van der Waals surface area contributed by atoms with Gasteiger partial charge in [-0.25, -0.2) is 9.97 Å². The molecule has 15 heavy (non-hydrogen) atoms. The second-order valence-electron chi connectivity index (χ2n) is 3.86. The van der Waals surface area contributed by atoms with E-state index in [1.165, 1.54) is 12.8 Å². The normalized spacial score (nSPS) is 15.7. The third-order valence-corrected chi connectivity index (χ3v) is 3.10. The molecular formula is C10H15IN4. The number of hydrogen-bond donors (Lipinski definition) is 1. The molecule has 0 amide bonds. The minimum absolute atomic E-state index is 0.722. The van der Waals surface area contributed by atoms with Gasteiger partial charge in [0.1, 0.15) is 0 Å². The van der Waals surface area contributed by atoms with Gasteiger partial charge < -0.3 is 10.2 Å². The van der Waals surface area contributed by atoms with Crippen molar-refractivity contribution >= 4 is 28.5 Å². The summed E-state index contributed by atoms with van der Waals surface area (Å²) in [4.78, 5) is 10.8. The summed E-state index contributed by atoms with van der Waals surface area (Å²) in [6.45, 7) is 1.97. The summed E-state index contributed by atoms with van der Waals surface area (Å²) >= 11 is 2.20. The van der Waals surface area contributed by atoms with Gasteiger partial charge in [-0.15, -0.1) is 0 Å². The van der Waals surface area contributed by atoms with Crippen molar-refractivity contribution in [2.45, 2.75) is 18.9 Å². The number of anilines is 1. The molecule has 0 aliphatic heterocycles. The number of nitrogens with zero attached hydrogens (tertiary/aromatic N) is 3. The van der Waals surface area contributed by atoms with E-state index in [0.717, 1.165) is 28.6 Å². The van der Waals surface area contributed by atoms with Crippen molar-refractivity contribution in [3.05, 3.63) is 16.0 Å². The predicted molar refractivity (Wildman–Crippen MR) is 68.9 cm³/mol. The Morgan fingerprint density at radius 2 is 2.13 bits per heavy atom. The van der Waals surface area contributed by atoms with Crippen molar-refractivity contribution < 1.29 is 0 Å². The van der Waals surface area contributed by atoms with Gasteiger partial charge in [-0.05, 0) is 42.5 Å². The number of likely N-dealkylation sites (N-methyl/N-ethyl adjacent to an activating group) is 1. The van der Waals surface area contributed by atoms with Gasteiger partial charge >= 0.3 is 0 Å². The van der Waals surface area contributed by atoms with Crippen molar-refractivity contribution in [1.29, 1.82) is 0 Å². The number of halogens is 1. The monoisotopic (exact) mass is 318 g/mol. The number of hydrogen-bond acceptors (Lipinski definition) is 4. The topological polar surface area (TPSA) is 41.0 Å². The molecule has 0 spiro atoms. The van der Waals surface area contributed by atoms with Crippen molar-refractivity contribution in [3.8, 4) is 0 Å². The Bertz CT molecular complexity index is 310. The highest BCUT2D eigenvalue weighted by Gasteiger charge is 2.25. The van der Waals surface area contributed by atoms with Crippen molar-refractivity contribution in [1.82, 2.24) is 14.9 Å². The molecule has 0 saturated heterocycles. The molecule has 0 aromatic carbocycles. The van der Waals surface area contributed by atoms with Crippen LogP contribution in [0.2, 0.25) is 0 Å². The third-order valence-electron chi connectivity index (χ3n) is 2.54. The lowest BCUT2D eigenvalue weighted by atomic mass is 10.5. The van der Waals surface area contributed by atoms with E-state index in [9.17, 15) is 0 Å². The maximum atomic E-state index is 4.19. The quantitative estimate of drug-likeness (QED) is 0.837. The minimum Gasteiger partial charge on any atom is -0.353 e. The second kappa shape index (κ2) is 5.07. The summed E-state index contributed by atoms with van der Waals surface area (Å²) in [5, 5.41) is 3.22. The molecule has 82 valence electrons. The molecule has 0 bridgehead atoms. The zero-order chi connectivity index (χ0) is 10.7. The van der Waals surface area contributed by atoms with E-state index in [1.807, 2.05) is 12.4 Å². The lowest BCUT2D eigenvalue weighted by molar-refractivity contribution is 0.337. The Morgan fingerprint density at radius 3 is 2.73 bits per heavy atom. The average Bonchev–Trinajstić information content (AvgIpc) is 3.04. The lowest BCUT2D eigenvalue weighted by Crippen LogP contribution is -2.27. The third kappa shape index (κ3) is 3.57. The molecule has 1 fully saturated rings. The predicted octanol–water partition coefficient (Wildman–Crippen LogP) is 1.59. The summed E-state index contributed by atoms with van der Waals surface area (Å²) in [5.74, 6) is 0.722. The molecule has 1 N–H and O–H groups in total. The Labute approximate surface area is 104 Å². The zero-order valence-corrected chi connectivity index (χ0v) is 10.9. The summed E-state index contributed by atoms with van der Waals surface area (Å²) in [5.41, 5.74) is 0. The summed E-state index contributed by atoms with van der Waals surface area (Å²) in [6, 6.07) is 0.824. The molecule has 5 heteroatoms. The van der Waals surface area contributed by atoms with Gasteiger partial charge in [0.2, 0.25) is 5.95 Å². The highest BCUT2D eigenvalue weighted by atomic mass is 127. The summed E-state index contributed by atoms with van der Waals surface area (Å²) in [7, 11) is 2.17. The molecule has 1 heterocycles. The van der Waals surface area contributed by atoms with Crippen LogP contribution in [0.15, 0.2) is 12.4 Å². The van der Waals surface area contributed by atoms with Gasteiger partial charge in [-0.3, -0.25) is 0 Å². The van der Waals surface area contributed by atoms with E-state index < -0.39 is 0 Å². The van der Waals surface area contributed by atoms with Crippen LogP contribution in [0.25, 0.3) is 0 Å². The summed E-state index contributed by atoms with van der Waals surface area (Å²) in [6.07, 6.45) is 6.36. The number of aromatic nitrogens is 2. The molecule has 2 rings (SSSR count). The first-order valence-corrected chi connectivity index (χ1v) is 6.25. The van der Waals surface area contributed by atoms with E-state index in [2.05, 4.69) is 49.8 Å². The average molecular weight is 318 g/mol. The van der Waals surface area contributed by atoms with E-state index >= 15 is 0 Å². The molecule has 0 atom stereocenters. The van der Waals surface area contributed by atoms with Crippen molar-refractivity contribution in [3.63, 3.8) is 0 Å². The smallest absolute Gasteiger partial charge is 0.222 e. The van der Waals surface area contributed by atoms with Crippen LogP contribution >= 0.6 is 22.6 Å². The first kappa shape index (κ1) is 11.1. The fourth-order valence-corrected chi connectivity index (χ4v) is 1.72. The standard InChI is InChI=1S/C10H15IN4/c1-15(9-2-3-9)5-4-12-10-13-6-8(11)7-14-10/h6-7,9H,2-5H2,1H3,(H,12,13,14). The van der Waals surface area contributed by atoms with Crippen molar-refractivity contribution in [2.75, 3.05) is 25.5 Å². The molecular weight excluding hydrogens is 303 g/mol. The van der Waals surface area contributed by atoms with Gasteiger partial charge in [0.25, 0.3) is 0 Å². The van der Waals surface area contributed by atoms with Crippen LogP contribution in [-0.4, -0.2) is 41.0 Å². The first-order valence-electron chi connectivity index (χ1n) is 5.17. The summed E-state index contributed by atoms with van der Waals surface area (Å²) < 4.78 is 1.06. The van der Waals surface area contributed by atoms with Crippen LogP contribution in [0.4, 0.5) is 5.95 Å². The lowest BCUT2D eigenvalue weighted by Gasteiger charge is -2.15. The molecule has 1 saturated carbocycles. The number of nitrogens with one attached hydrogen (secondary N) is 1. The molecule has 1 aromatic rings. The van der Waals surface area contributed by atoms with Gasteiger partial charge in [-0.1, -0.05) is 0 Å². The van der Waals surface area contributed by atoms with Gasteiger partial charge in [-0.2, -0.15) is 0 Å². The zero-order valence-electron chi connectivity index (χ0n) is 8.78. The van der Waals surface area contributed by atoms with Crippen LogP contribution in [0.3, 0.4) is 0 Å². The van der Waals surface area contributed by atoms with Gasteiger partial charge in [0.15, 0.2) is 0 Å². The van der Waals surface area contributed by atoms with E-state index in [4.69, 9.17) is 0 Å². The molecule has 0 radical (unpaired) electrons. The number of rotatable bonds is 5. The van der Waals surface area contributed by atoms with Gasteiger partial charge in [0, 0.05) is 35.1 Å². The Balaban J connectivity index is 1.70. The van der Waals surface area contributed by atoms with Crippen LogP contribution in [-0.2, 0) is 0 Å². The van der Waals surface area contributed by atoms with Crippen LogP contribution in [0.5, 0.6) is 0 Å². The van der Waals surface area contributed by atoms with Crippen LogP contribution < -0.4 is 5.32 Å². The van der Waals surface area contributed by atoms with Crippen molar-refractivity contribution in [2.24, 2.45) is 0 Å². The van der Waals surface area contributed by atoms with Crippen LogP contribution in [0, 0.1) is 3.57 Å². The van der Waals surface area contributed by atoms with Gasteiger partial charge in [0.05, 0.1) is 0 Å². The van der Waals surface area contributed by atoms with E-state index in [0.29, 0.717) is 0 Å². The Hall–Kier alpha value is -0.430. The van der Waals surface area contributed by atoms with Crippen LogP contribution in [0.1, 0.15) is 12.8 Å². The van der Waals surface area contributed by atoms with E-state index in [-0.39, 0.29) is 0 Å². The Morgan fingerprint density at radius 1 is 1.47 bits per heavy atom. The largest absolute Gasteiger partial charge is 0.353 e. The highest BCUT2D eigenvalue weighted by Crippen LogP contribution is 2.24. The maximum absolute atomic E-state index is 4.19. The second-order valence-corrected chi connectivity index (χ2v) is 5.11. The van der Waals surface area contributed by atoms with E-state index in [1.54, 1.807) is 0 Å². The maximum Gasteiger partial charge on any atom is 0.222 e. The molecule has 1 aliphatic rings. The Kier molecular flexibility index (Phi) is 3.74.